The van der Waals surface area contributed by atoms with Crippen molar-refractivity contribution in [2.75, 3.05) is 0 Å². The molecule has 19 heavy (non-hydrogen) atoms. The fraction of sp³-hybridized carbons (Fsp3) is 0.562. The van der Waals surface area contributed by atoms with Crippen molar-refractivity contribution in [3.8, 4) is 0 Å². The topological polar surface area (TPSA) is 55.1 Å². The number of unbranched alkanes of at least 4 members (excludes halogenated alkanes) is 1. The molecule has 0 aliphatic rings. The average Bonchev–Trinajstić information content (AvgIpc) is 2.38. The molecule has 0 fully saturated rings. The minimum Gasteiger partial charge on any atom is -0.348 e. The maximum Gasteiger partial charge on any atom is 0.237 e. The van der Waals surface area contributed by atoms with Crippen molar-refractivity contribution in [1.29, 1.82) is 0 Å². The predicted molar refractivity (Wildman–Crippen MR) is 80.0 cm³/mol. The third-order valence-corrected chi connectivity index (χ3v) is 3.47. The fourth-order valence-electron chi connectivity index (χ4n) is 2.18. The Hall–Kier alpha value is -1.35. The fourth-order valence-corrected chi connectivity index (χ4v) is 2.18. The van der Waals surface area contributed by atoms with E-state index in [-0.39, 0.29) is 11.9 Å². The number of benzene rings is 1. The summed E-state index contributed by atoms with van der Waals surface area (Å²) in [6, 6.07) is 5.90. The minimum atomic E-state index is -0.396. The molecule has 2 unspecified atom stereocenters. The largest absolute Gasteiger partial charge is 0.348 e. The molecule has 0 aromatic heterocycles. The zero-order valence-electron chi connectivity index (χ0n) is 12.5. The monoisotopic (exact) mass is 262 g/mol. The van der Waals surface area contributed by atoms with Gasteiger partial charge in [0.2, 0.25) is 5.91 Å². The third-order valence-electron chi connectivity index (χ3n) is 3.47. The van der Waals surface area contributed by atoms with Gasteiger partial charge in [-0.15, -0.1) is 0 Å². The molecule has 0 aliphatic carbocycles. The highest BCUT2D eigenvalue weighted by Gasteiger charge is 2.17. The highest BCUT2D eigenvalue weighted by molar-refractivity contribution is 5.81. The van der Waals surface area contributed by atoms with Crippen molar-refractivity contribution in [3.05, 3.63) is 34.9 Å². The Kier molecular flexibility index (Phi) is 6.03. The highest BCUT2D eigenvalue weighted by Crippen LogP contribution is 2.19. The van der Waals surface area contributed by atoms with Gasteiger partial charge in [-0.3, -0.25) is 4.79 Å². The first kappa shape index (κ1) is 15.7. The molecule has 106 valence electrons. The van der Waals surface area contributed by atoms with E-state index in [0.717, 1.165) is 24.8 Å². The summed E-state index contributed by atoms with van der Waals surface area (Å²) in [5, 5.41) is 3.01. The molecule has 3 N–H and O–H groups in total. The number of carbonyl (C=O) groups is 1. The summed E-state index contributed by atoms with van der Waals surface area (Å²) in [4.78, 5) is 12.0. The zero-order valence-corrected chi connectivity index (χ0v) is 12.5. The summed E-state index contributed by atoms with van der Waals surface area (Å²) in [5.41, 5.74) is 9.45. The summed E-state index contributed by atoms with van der Waals surface area (Å²) in [5.74, 6) is -0.0538. The molecule has 2 atom stereocenters. The second-order valence-corrected chi connectivity index (χ2v) is 5.34. The van der Waals surface area contributed by atoms with Crippen molar-refractivity contribution in [1.82, 2.24) is 5.32 Å². The summed E-state index contributed by atoms with van der Waals surface area (Å²) < 4.78 is 0. The van der Waals surface area contributed by atoms with Crippen LogP contribution >= 0.6 is 0 Å². The third kappa shape index (κ3) is 4.67. The van der Waals surface area contributed by atoms with Gasteiger partial charge < -0.3 is 11.1 Å². The second kappa shape index (κ2) is 7.29. The first-order chi connectivity index (χ1) is 8.95. The van der Waals surface area contributed by atoms with Gasteiger partial charge in [0, 0.05) is 0 Å². The lowest BCUT2D eigenvalue weighted by Crippen LogP contribution is -2.41. The molecule has 0 aliphatic heterocycles. The number of nitrogens with one attached hydrogen (secondary N) is 1. The number of nitrogens with two attached hydrogens (primary N) is 1. The maximum absolute atomic E-state index is 12.0. The molecule has 0 saturated heterocycles. The van der Waals surface area contributed by atoms with E-state index in [1.54, 1.807) is 0 Å². The molecule has 0 saturated carbocycles. The molecular weight excluding hydrogens is 236 g/mol. The molecule has 3 heteroatoms. The molecule has 1 rings (SSSR count). The molecule has 0 radical (unpaired) electrons. The van der Waals surface area contributed by atoms with Crippen LogP contribution in [0.25, 0.3) is 0 Å². The molecule has 0 spiro atoms. The van der Waals surface area contributed by atoms with E-state index < -0.39 is 6.04 Å². The lowest BCUT2D eigenvalue weighted by molar-refractivity contribution is -0.123. The van der Waals surface area contributed by atoms with Gasteiger partial charge in [-0.1, -0.05) is 43.5 Å². The molecule has 1 aromatic rings. The Morgan fingerprint density at radius 1 is 1.37 bits per heavy atom. The predicted octanol–water partition coefficient (Wildman–Crippen LogP) is 3.00. The van der Waals surface area contributed by atoms with E-state index in [2.05, 4.69) is 44.3 Å². The van der Waals surface area contributed by atoms with Crippen LogP contribution in [0.4, 0.5) is 0 Å². The Labute approximate surface area is 116 Å². The summed E-state index contributed by atoms with van der Waals surface area (Å²) >= 11 is 0. The van der Waals surface area contributed by atoms with Gasteiger partial charge in [-0.05, 0) is 38.3 Å². The smallest absolute Gasteiger partial charge is 0.237 e. The van der Waals surface area contributed by atoms with Gasteiger partial charge in [-0.2, -0.15) is 0 Å². The number of hydrogen-bond donors (Lipinski definition) is 2. The van der Waals surface area contributed by atoms with Crippen LogP contribution < -0.4 is 11.1 Å². The van der Waals surface area contributed by atoms with Crippen LogP contribution in [0.1, 0.15) is 55.8 Å². The summed E-state index contributed by atoms with van der Waals surface area (Å²) in [6.45, 7) is 8.23. The van der Waals surface area contributed by atoms with Crippen molar-refractivity contribution < 1.29 is 4.79 Å². The first-order valence-corrected chi connectivity index (χ1v) is 7.08. The lowest BCUT2D eigenvalue weighted by Gasteiger charge is -2.20. The van der Waals surface area contributed by atoms with E-state index in [1.807, 2.05) is 6.92 Å². The number of amides is 1. The summed E-state index contributed by atoms with van der Waals surface area (Å²) in [7, 11) is 0. The minimum absolute atomic E-state index is 0.0000709. The van der Waals surface area contributed by atoms with Crippen molar-refractivity contribution in [2.24, 2.45) is 5.73 Å². The molecular formula is C16H26N2O. The number of rotatable bonds is 6. The lowest BCUT2D eigenvalue weighted by atomic mass is 9.99. The Morgan fingerprint density at radius 3 is 2.68 bits per heavy atom. The zero-order chi connectivity index (χ0) is 14.4. The van der Waals surface area contributed by atoms with Gasteiger partial charge in [0.15, 0.2) is 0 Å². The Bertz CT molecular complexity index is 429. The van der Waals surface area contributed by atoms with E-state index >= 15 is 0 Å². The average molecular weight is 262 g/mol. The van der Waals surface area contributed by atoms with Gasteiger partial charge in [-0.25, -0.2) is 0 Å². The van der Waals surface area contributed by atoms with Crippen molar-refractivity contribution in [3.63, 3.8) is 0 Å². The maximum atomic E-state index is 12.0. The van der Waals surface area contributed by atoms with Crippen molar-refractivity contribution >= 4 is 5.91 Å². The highest BCUT2D eigenvalue weighted by atomic mass is 16.2. The molecule has 0 bridgehead atoms. The van der Waals surface area contributed by atoms with Gasteiger partial charge in [0.1, 0.15) is 0 Å². The normalized spacial score (nSPS) is 13.9. The van der Waals surface area contributed by atoms with Gasteiger partial charge in [0.25, 0.3) is 0 Å². The first-order valence-electron chi connectivity index (χ1n) is 7.08. The Morgan fingerprint density at radius 2 is 2.05 bits per heavy atom. The van der Waals surface area contributed by atoms with E-state index in [1.165, 1.54) is 11.1 Å². The van der Waals surface area contributed by atoms with E-state index in [4.69, 9.17) is 5.73 Å². The number of hydrogen-bond acceptors (Lipinski definition) is 2. The molecule has 3 nitrogen and oxygen atoms in total. The van der Waals surface area contributed by atoms with E-state index in [9.17, 15) is 4.79 Å². The standard InChI is InChI=1S/C16H26N2O/c1-5-6-7-15(17)16(19)18-13(4)14-10-11(2)8-9-12(14)3/h8-10,13,15H,5-7,17H2,1-4H3,(H,18,19). The molecule has 1 amide bonds. The van der Waals surface area contributed by atoms with Crippen LogP contribution in [0.3, 0.4) is 0 Å². The van der Waals surface area contributed by atoms with Crippen LogP contribution in [-0.4, -0.2) is 11.9 Å². The van der Waals surface area contributed by atoms with Crippen LogP contribution in [0.2, 0.25) is 0 Å². The molecule has 1 aromatic carbocycles. The van der Waals surface area contributed by atoms with Gasteiger partial charge in [0.05, 0.1) is 12.1 Å². The quantitative estimate of drug-likeness (QED) is 0.828. The Balaban J connectivity index is 2.66. The van der Waals surface area contributed by atoms with E-state index in [0.29, 0.717) is 0 Å². The summed E-state index contributed by atoms with van der Waals surface area (Å²) in [6.07, 6.45) is 2.81. The number of aryl methyl sites for hydroxylation is 2. The molecule has 0 heterocycles. The van der Waals surface area contributed by atoms with Crippen LogP contribution in [0.15, 0.2) is 18.2 Å². The SMILES string of the molecule is CCCCC(N)C(=O)NC(C)c1cc(C)ccc1C. The van der Waals surface area contributed by atoms with Crippen molar-refractivity contribution in [2.45, 2.75) is 59.0 Å². The second-order valence-electron chi connectivity index (χ2n) is 5.34. The van der Waals surface area contributed by atoms with Crippen LogP contribution in [0, 0.1) is 13.8 Å². The van der Waals surface area contributed by atoms with Gasteiger partial charge >= 0.3 is 0 Å². The van der Waals surface area contributed by atoms with Crippen LogP contribution in [-0.2, 0) is 4.79 Å². The number of carbonyl (C=O) groups excluding carboxylic acids is 1. The van der Waals surface area contributed by atoms with Crippen LogP contribution in [0.5, 0.6) is 0 Å².